The van der Waals surface area contributed by atoms with Gasteiger partial charge in [0.1, 0.15) is 5.84 Å². The molecule has 0 radical (unpaired) electrons. The van der Waals surface area contributed by atoms with Gasteiger partial charge in [-0.3, -0.25) is 4.79 Å². The van der Waals surface area contributed by atoms with Crippen LogP contribution in [0.5, 0.6) is 0 Å². The fourth-order valence-corrected chi connectivity index (χ4v) is 1.83. The van der Waals surface area contributed by atoms with E-state index in [0.29, 0.717) is 6.42 Å². The van der Waals surface area contributed by atoms with E-state index >= 15 is 0 Å². The Labute approximate surface area is 96.3 Å². The van der Waals surface area contributed by atoms with E-state index in [0.717, 1.165) is 6.42 Å². The average molecular weight is 227 g/mol. The largest absolute Gasteiger partial charge is 0.409 e. The number of nitrogens with two attached hydrogens (primary N) is 1. The lowest BCUT2D eigenvalue weighted by molar-refractivity contribution is -0.133. The fourth-order valence-electron chi connectivity index (χ4n) is 1.83. The minimum Gasteiger partial charge on any atom is -0.409 e. The molecule has 1 aliphatic rings. The summed E-state index contributed by atoms with van der Waals surface area (Å²) in [6.45, 7) is 6.08. The highest BCUT2D eigenvalue weighted by Gasteiger charge is 2.51. The van der Waals surface area contributed by atoms with Crippen molar-refractivity contribution in [3.63, 3.8) is 0 Å². The first-order valence-electron chi connectivity index (χ1n) is 5.52. The zero-order valence-corrected chi connectivity index (χ0v) is 10.4. The molecular formula is C11H21N3O2. The van der Waals surface area contributed by atoms with Crippen molar-refractivity contribution in [3.05, 3.63) is 0 Å². The first-order chi connectivity index (χ1) is 7.29. The van der Waals surface area contributed by atoms with Gasteiger partial charge in [-0.15, -0.1) is 0 Å². The van der Waals surface area contributed by atoms with Crippen molar-refractivity contribution in [3.8, 4) is 0 Å². The molecule has 0 aliphatic heterocycles. The van der Waals surface area contributed by atoms with Gasteiger partial charge >= 0.3 is 0 Å². The number of carbonyl (C=O) groups is 1. The molecule has 1 amide bonds. The molecule has 1 rings (SSSR count). The third kappa shape index (κ3) is 2.65. The molecule has 0 saturated heterocycles. The Morgan fingerprint density at radius 1 is 1.69 bits per heavy atom. The van der Waals surface area contributed by atoms with Crippen molar-refractivity contribution in [1.82, 2.24) is 4.90 Å². The summed E-state index contributed by atoms with van der Waals surface area (Å²) in [7, 11) is 1.77. The first-order valence-corrected chi connectivity index (χ1v) is 5.52. The van der Waals surface area contributed by atoms with Crippen molar-refractivity contribution >= 4 is 11.7 Å². The molecular weight excluding hydrogens is 206 g/mol. The molecule has 1 saturated carbocycles. The highest BCUT2D eigenvalue weighted by molar-refractivity contribution is 5.84. The maximum atomic E-state index is 12.0. The summed E-state index contributed by atoms with van der Waals surface area (Å²) in [5.41, 5.74) is 5.56. The van der Waals surface area contributed by atoms with Crippen LogP contribution in [0.3, 0.4) is 0 Å². The highest BCUT2D eigenvalue weighted by Crippen LogP contribution is 2.52. The summed E-state index contributed by atoms with van der Waals surface area (Å²) in [6, 6.07) is -0.0419. The first kappa shape index (κ1) is 12.8. The molecule has 0 heterocycles. The molecule has 1 aliphatic carbocycles. The standard InChI is InChI=1S/C11H21N3O2/c1-7(5-9(12)13-16)14(4)10(15)8-6-11(8,2)3/h7-8,16H,5-6H2,1-4H3,(H2,12,13). The number of hydrogen-bond acceptors (Lipinski definition) is 3. The Balaban J connectivity index is 2.51. The minimum atomic E-state index is -0.0419. The molecule has 0 spiro atoms. The van der Waals surface area contributed by atoms with Crippen LogP contribution in [0.2, 0.25) is 0 Å². The van der Waals surface area contributed by atoms with Crippen molar-refractivity contribution in [1.29, 1.82) is 0 Å². The Morgan fingerprint density at radius 3 is 2.56 bits per heavy atom. The number of amides is 1. The second-order valence-corrected chi connectivity index (χ2v) is 5.34. The minimum absolute atomic E-state index is 0.0419. The van der Waals surface area contributed by atoms with Gasteiger partial charge in [0, 0.05) is 25.4 Å². The van der Waals surface area contributed by atoms with Crippen LogP contribution in [0.4, 0.5) is 0 Å². The van der Waals surface area contributed by atoms with Gasteiger partial charge in [0.25, 0.3) is 0 Å². The molecule has 2 atom stereocenters. The molecule has 0 aromatic carbocycles. The highest BCUT2D eigenvalue weighted by atomic mass is 16.4. The van der Waals surface area contributed by atoms with E-state index in [-0.39, 0.29) is 29.1 Å². The van der Waals surface area contributed by atoms with Crippen LogP contribution in [0, 0.1) is 11.3 Å². The molecule has 2 unspecified atom stereocenters. The summed E-state index contributed by atoms with van der Waals surface area (Å²) in [5, 5.41) is 11.4. The number of oxime groups is 1. The van der Waals surface area contributed by atoms with E-state index in [9.17, 15) is 4.79 Å². The van der Waals surface area contributed by atoms with Gasteiger partial charge < -0.3 is 15.8 Å². The molecule has 5 heteroatoms. The van der Waals surface area contributed by atoms with Gasteiger partial charge in [-0.2, -0.15) is 0 Å². The Morgan fingerprint density at radius 2 is 2.19 bits per heavy atom. The Kier molecular flexibility index (Phi) is 3.45. The van der Waals surface area contributed by atoms with Gasteiger partial charge in [-0.25, -0.2) is 0 Å². The SMILES string of the molecule is CC(CC(N)=NO)N(C)C(=O)C1CC1(C)C. The normalized spacial score (nSPS) is 25.0. The van der Waals surface area contributed by atoms with Crippen LogP contribution >= 0.6 is 0 Å². The van der Waals surface area contributed by atoms with Crippen LogP contribution in [0.15, 0.2) is 5.16 Å². The van der Waals surface area contributed by atoms with Crippen LogP contribution in [-0.2, 0) is 4.79 Å². The van der Waals surface area contributed by atoms with Gasteiger partial charge in [-0.1, -0.05) is 19.0 Å². The maximum absolute atomic E-state index is 12.0. The van der Waals surface area contributed by atoms with Crippen LogP contribution in [0.1, 0.15) is 33.6 Å². The molecule has 1 fully saturated rings. The molecule has 5 nitrogen and oxygen atoms in total. The van der Waals surface area contributed by atoms with Crippen LogP contribution in [-0.4, -0.2) is 34.9 Å². The van der Waals surface area contributed by atoms with Gasteiger partial charge in [0.2, 0.25) is 5.91 Å². The molecule has 0 aromatic heterocycles. The monoisotopic (exact) mass is 227 g/mol. The van der Waals surface area contributed by atoms with Crippen molar-refractivity contribution < 1.29 is 10.0 Å². The summed E-state index contributed by atoms with van der Waals surface area (Å²) < 4.78 is 0. The summed E-state index contributed by atoms with van der Waals surface area (Å²) in [5.74, 6) is 0.442. The molecule has 16 heavy (non-hydrogen) atoms. The molecule has 3 N–H and O–H groups in total. The topological polar surface area (TPSA) is 78.9 Å². The van der Waals surface area contributed by atoms with Crippen molar-refractivity contribution in [2.24, 2.45) is 22.2 Å². The second-order valence-electron chi connectivity index (χ2n) is 5.34. The van der Waals surface area contributed by atoms with Gasteiger partial charge in [-0.05, 0) is 18.8 Å². The van der Waals surface area contributed by atoms with Gasteiger partial charge in [0.15, 0.2) is 0 Å². The predicted octanol–water partition coefficient (Wildman–Crippen LogP) is 1.02. The van der Waals surface area contributed by atoms with E-state index in [1.807, 2.05) is 6.92 Å². The lowest BCUT2D eigenvalue weighted by Crippen LogP contribution is -2.39. The van der Waals surface area contributed by atoms with E-state index in [4.69, 9.17) is 10.9 Å². The van der Waals surface area contributed by atoms with E-state index < -0.39 is 0 Å². The lowest BCUT2D eigenvalue weighted by Gasteiger charge is -2.25. The zero-order valence-electron chi connectivity index (χ0n) is 10.4. The van der Waals surface area contributed by atoms with E-state index in [2.05, 4.69) is 19.0 Å². The van der Waals surface area contributed by atoms with E-state index in [1.54, 1.807) is 11.9 Å². The Bertz CT molecular complexity index is 312. The quantitative estimate of drug-likeness (QED) is 0.326. The number of hydrogen-bond donors (Lipinski definition) is 2. The number of amidine groups is 1. The summed E-state index contributed by atoms with van der Waals surface area (Å²) in [6.07, 6.45) is 1.35. The predicted molar refractivity (Wildman–Crippen MR) is 62.1 cm³/mol. The summed E-state index contributed by atoms with van der Waals surface area (Å²) in [4.78, 5) is 13.7. The molecule has 0 bridgehead atoms. The van der Waals surface area contributed by atoms with Gasteiger partial charge in [0.05, 0.1) is 0 Å². The number of nitrogens with zero attached hydrogens (tertiary/aromatic N) is 2. The number of carbonyl (C=O) groups excluding carboxylic acids is 1. The smallest absolute Gasteiger partial charge is 0.226 e. The average Bonchev–Trinajstić information content (AvgIpc) is 2.85. The third-order valence-electron chi connectivity index (χ3n) is 3.45. The van der Waals surface area contributed by atoms with Crippen molar-refractivity contribution in [2.75, 3.05) is 7.05 Å². The second kappa shape index (κ2) is 4.31. The zero-order chi connectivity index (χ0) is 12.5. The molecule has 0 aromatic rings. The molecule has 92 valence electrons. The third-order valence-corrected chi connectivity index (χ3v) is 3.45. The van der Waals surface area contributed by atoms with E-state index in [1.165, 1.54) is 0 Å². The Hall–Kier alpha value is -1.26. The summed E-state index contributed by atoms with van der Waals surface area (Å²) >= 11 is 0. The number of rotatable bonds is 4. The van der Waals surface area contributed by atoms with Crippen LogP contribution in [0.25, 0.3) is 0 Å². The fraction of sp³-hybridized carbons (Fsp3) is 0.818. The lowest BCUT2D eigenvalue weighted by atomic mass is 10.1. The maximum Gasteiger partial charge on any atom is 0.226 e. The van der Waals surface area contributed by atoms with Crippen LogP contribution < -0.4 is 5.73 Å². The van der Waals surface area contributed by atoms with Crippen molar-refractivity contribution in [2.45, 2.75) is 39.7 Å².